The molecule has 0 radical (unpaired) electrons. The minimum absolute atomic E-state index is 0.00696. The Bertz CT molecular complexity index is 693. The van der Waals surface area contributed by atoms with Crippen LogP contribution < -0.4 is 4.74 Å². The van der Waals surface area contributed by atoms with E-state index in [1.165, 1.54) is 18.4 Å². The van der Waals surface area contributed by atoms with Crippen LogP contribution in [0.5, 0.6) is 5.75 Å². The molecule has 0 spiro atoms. The fourth-order valence-electron chi connectivity index (χ4n) is 6.72. The summed E-state index contributed by atoms with van der Waals surface area (Å²) in [5.74, 6) is 5.41. The molecule has 0 aliphatic heterocycles. The summed E-state index contributed by atoms with van der Waals surface area (Å²) in [5, 5.41) is 0. The molecule has 2 nitrogen and oxygen atoms in total. The first-order valence-electron chi connectivity index (χ1n) is 9.25. The highest BCUT2D eigenvalue weighted by molar-refractivity contribution is 5.92. The number of hydrogen-bond acceptors (Lipinski definition) is 2. The van der Waals surface area contributed by atoms with Crippen LogP contribution in [0.4, 0.5) is 0 Å². The minimum atomic E-state index is -0.00696. The highest BCUT2D eigenvalue weighted by atomic mass is 16.5. The molecule has 7 atom stereocenters. The highest BCUT2D eigenvalue weighted by Gasteiger charge is 2.69. The molecular weight excluding hydrogens is 284 g/mol. The summed E-state index contributed by atoms with van der Waals surface area (Å²) >= 11 is 0. The van der Waals surface area contributed by atoms with Gasteiger partial charge in [0.2, 0.25) is 0 Å². The normalized spacial score (nSPS) is 46.5. The van der Waals surface area contributed by atoms with E-state index in [1.54, 1.807) is 12.7 Å². The number of carbonyl (C=O) groups is 1. The first-order chi connectivity index (χ1) is 11.0. The fourth-order valence-corrected chi connectivity index (χ4v) is 6.72. The SMILES string of the molecule is COc1ccc2c(c1)C[C@@H](C)[C@H]1[C@H]3[C@H]4C[C@H]4C(=O)[C@@]3(C)CC[C@H]21. The van der Waals surface area contributed by atoms with Crippen molar-refractivity contribution in [1.29, 1.82) is 0 Å². The average molecular weight is 310 g/mol. The first kappa shape index (κ1) is 14.1. The van der Waals surface area contributed by atoms with Gasteiger partial charge in [0.25, 0.3) is 0 Å². The van der Waals surface area contributed by atoms with Gasteiger partial charge in [-0.1, -0.05) is 19.9 Å². The van der Waals surface area contributed by atoms with E-state index in [1.807, 2.05) is 0 Å². The number of ether oxygens (including phenoxy) is 1. The van der Waals surface area contributed by atoms with Crippen LogP contribution in [0, 0.1) is 35.0 Å². The Morgan fingerprint density at radius 3 is 2.87 bits per heavy atom. The summed E-state index contributed by atoms with van der Waals surface area (Å²) in [6, 6.07) is 6.68. The Morgan fingerprint density at radius 2 is 2.09 bits per heavy atom. The quantitative estimate of drug-likeness (QED) is 0.776. The number of Topliss-reactive ketones (excluding diaryl/α,β-unsaturated/α-hetero) is 1. The Kier molecular flexibility index (Phi) is 2.69. The van der Waals surface area contributed by atoms with Crippen molar-refractivity contribution in [3.8, 4) is 5.75 Å². The van der Waals surface area contributed by atoms with Gasteiger partial charge in [-0.15, -0.1) is 0 Å². The van der Waals surface area contributed by atoms with Crippen molar-refractivity contribution in [3.05, 3.63) is 29.3 Å². The number of rotatable bonds is 1. The molecule has 0 heterocycles. The zero-order chi connectivity index (χ0) is 15.9. The lowest BCUT2D eigenvalue weighted by Gasteiger charge is -2.52. The van der Waals surface area contributed by atoms with E-state index in [4.69, 9.17) is 4.74 Å². The molecule has 0 bridgehead atoms. The van der Waals surface area contributed by atoms with Crippen molar-refractivity contribution in [2.75, 3.05) is 7.11 Å². The Morgan fingerprint density at radius 1 is 1.26 bits per heavy atom. The van der Waals surface area contributed by atoms with Gasteiger partial charge in [-0.2, -0.15) is 0 Å². The van der Waals surface area contributed by atoms with E-state index < -0.39 is 0 Å². The van der Waals surface area contributed by atoms with E-state index in [0.717, 1.165) is 18.6 Å². The maximum atomic E-state index is 12.8. The van der Waals surface area contributed by atoms with Crippen LogP contribution in [-0.4, -0.2) is 12.9 Å². The van der Waals surface area contributed by atoms with Crippen molar-refractivity contribution in [1.82, 2.24) is 0 Å². The van der Waals surface area contributed by atoms with Gasteiger partial charge < -0.3 is 4.74 Å². The molecule has 3 fully saturated rings. The monoisotopic (exact) mass is 310 g/mol. The van der Waals surface area contributed by atoms with E-state index in [9.17, 15) is 4.79 Å². The Hall–Kier alpha value is -1.31. The molecule has 3 saturated carbocycles. The lowest BCUT2D eigenvalue weighted by molar-refractivity contribution is -0.133. The van der Waals surface area contributed by atoms with Gasteiger partial charge in [0.05, 0.1) is 7.11 Å². The van der Waals surface area contributed by atoms with Crippen LogP contribution in [0.1, 0.15) is 50.2 Å². The molecule has 1 aromatic rings. The third-order valence-corrected chi connectivity index (χ3v) is 7.74. The molecule has 0 saturated heterocycles. The average Bonchev–Trinajstić information content (AvgIpc) is 3.29. The predicted molar refractivity (Wildman–Crippen MR) is 89.5 cm³/mol. The standard InChI is InChI=1S/C21H26O2/c1-11-8-12-9-13(23-3)4-5-14(12)15-6-7-21(2)19(18(11)15)16-10-17(16)20(21)22/h4-5,9,11,15-19H,6-8,10H2,1-3H3/t11-,15-,16+,17-,18-,19-,21+/m1/s1. The van der Waals surface area contributed by atoms with Crippen LogP contribution >= 0.6 is 0 Å². The van der Waals surface area contributed by atoms with E-state index in [-0.39, 0.29) is 5.41 Å². The zero-order valence-corrected chi connectivity index (χ0v) is 14.3. The van der Waals surface area contributed by atoms with Crippen LogP contribution in [0.15, 0.2) is 18.2 Å². The first-order valence-corrected chi connectivity index (χ1v) is 9.25. The second-order valence-electron chi connectivity index (χ2n) is 8.78. The van der Waals surface area contributed by atoms with Crippen LogP contribution in [0.2, 0.25) is 0 Å². The molecule has 2 heteroatoms. The van der Waals surface area contributed by atoms with Gasteiger partial charge >= 0.3 is 0 Å². The van der Waals surface area contributed by atoms with Crippen molar-refractivity contribution in [3.63, 3.8) is 0 Å². The van der Waals surface area contributed by atoms with Crippen LogP contribution in [0.25, 0.3) is 0 Å². The molecular formula is C21H26O2. The Labute approximate surface area is 138 Å². The van der Waals surface area contributed by atoms with Crippen molar-refractivity contribution < 1.29 is 9.53 Å². The van der Waals surface area contributed by atoms with Crippen molar-refractivity contribution in [2.24, 2.45) is 35.0 Å². The third-order valence-electron chi connectivity index (χ3n) is 7.74. The van der Waals surface area contributed by atoms with E-state index in [0.29, 0.717) is 41.3 Å². The van der Waals surface area contributed by atoms with Gasteiger partial charge in [-0.05, 0) is 78.5 Å². The molecule has 4 aliphatic carbocycles. The number of fused-ring (bicyclic) bond motifs is 7. The number of benzene rings is 1. The molecule has 0 amide bonds. The summed E-state index contributed by atoms with van der Waals surface area (Å²) in [6.07, 6.45) is 4.62. The second kappa shape index (κ2) is 4.40. The molecule has 0 N–H and O–H groups in total. The van der Waals surface area contributed by atoms with Gasteiger partial charge in [0, 0.05) is 11.3 Å². The lowest BCUT2D eigenvalue weighted by atomic mass is 9.52. The summed E-state index contributed by atoms with van der Waals surface area (Å²) in [4.78, 5) is 12.8. The van der Waals surface area contributed by atoms with E-state index in [2.05, 4.69) is 32.0 Å². The molecule has 0 aromatic heterocycles. The summed E-state index contributed by atoms with van der Waals surface area (Å²) in [7, 11) is 1.75. The molecule has 5 rings (SSSR count). The summed E-state index contributed by atoms with van der Waals surface area (Å²) in [5.41, 5.74) is 3.03. The smallest absolute Gasteiger partial charge is 0.142 e. The number of methoxy groups -OCH3 is 1. The molecule has 1 aromatic carbocycles. The predicted octanol–water partition coefficient (Wildman–Crippen LogP) is 4.22. The molecule has 0 unspecified atom stereocenters. The second-order valence-corrected chi connectivity index (χ2v) is 8.78. The zero-order valence-electron chi connectivity index (χ0n) is 14.3. The Balaban J connectivity index is 1.58. The van der Waals surface area contributed by atoms with E-state index >= 15 is 0 Å². The maximum absolute atomic E-state index is 12.8. The number of carbonyl (C=O) groups excluding carboxylic acids is 1. The topological polar surface area (TPSA) is 26.3 Å². The van der Waals surface area contributed by atoms with Crippen LogP contribution in [-0.2, 0) is 11.2 Å². The van der Waals surface area contributed by atoms with Gasteiger partial charge in [0.15, 0.2) is 0 Å². The molecule has 23 heavy (non-hydrogen) atoms. The van der Waals surface area contributed by atoms with Gasteiger partial charge in [-0.25, -0.2) is 0 Å². The minimum Gasteiger partial charge on any atom is -0.497 e. The fraction of sp³-hybridized carbons (Fsp3) is 0.667. The summed E-state index contributed by atoms with van der Waals surface area (Å²) < 4.78 is 5.43. The van der Waals surface area contributed by atoms with Crippen molar-refractivity contribution >= 4 is 5.78 Å². The molecule has 4 aliphatic rings. The summed E-state index contributed by atoms with van der Waals surface area (Å²) in [6.45, 7) is 4.71. The maximum Gasteiger partial charge on any atom is 0.142 e. The largest absolute Gasteiger partial charge is 0.497 e. The van der Waals surface area contributed by atoms with Gasteiger partial charge in [-0.3, -0.25) is 4.79 Å². The number of hydrogen-bond donors (Lipinski definition) is 0. The van der Waals surface area contributed by atoms with Crippen LogP contribution in [0.3, 0.4) is 0 Å². The molecule has 122 valence electrons. The third kappa shape index (κ3) is 1.67. The highest BCUT2D eigenvalue weighted by Crippen LogP contribution is 2.70. The lowest BCUT2D eigenvalue weighted by Crippen LogP contribution is -2.47. The van der Waals surface area contributed by atoms with Crippen molar-refractivity contribution in [2.45, 2.75) is 45.4 Å². The van der Waals surface area contributed by atoms with Gasteiger partial charge in [0.1, 0.15) is 11.5 Å². The number of ketones is 1.